The van der Waals surface area contributed by atoms with Gasteiger partial charge < -0.3 is 0 Å². The molecule has 16 heavy (non-hydrogen) atoms. The van der Waals surface area contributed by atoms with Gasteiger partial charge in [-0.05, 0) is 30.8 Å². The van der Waals surface area contributed by atoms with Gasteiger partial charge in [0, 0.05) is 6.42 Å². The highest BCUT2D eigenvalue weighted by Gasteiger charge is 2.09. The Hall–Kier alpha value is -1.13. The quantitative estimate of drug-likeness (QED) is 0.849. The van der Waals surface area contributed by atoms with Crippen LogP contribution in [0.5, 0.6) is 0 Å². The zero-order valence-corrected chi connectivity index (χ0v) is 10.5. The van der Waals surface area contributed by atoms with Crippen LogP contribution in [0, 0.1) is 4.77 Å². The SMILES string of the molecule is CCCc1n[nH]c(=S)n1-c1ccccc1Cl. The van der Waals surface area contributed by atoms with Crippen molar-refractivity contribution in [2.75, 3.05) is 0 Å². The van der Waals surface area contributed by atoms with E-state index < -0.39 is 0 Å². The van der Waals surface area contributed by atoms with Crippen molar-refractivity contribution in [2.45, 2.75) is 19.8 Å². The smallest absolute Gasteiger partial charge is 0.199 e. The molecule has 0 aliphatic heterocycles. The van der Waals surface area contributed by atoms with Crippen LogP contribution in [-0.4, -0.2) is 14.8 Å². The van der Waals surface area contributed by atoms with Crippen molar-refractivity contribution in [1.29, 1.82) is 0 Å². The van der Waals surface area contributed by atoms with Crippen LogP contribution in [0.4, 0.5) is 0 Å². The van der Waals surface area contributed by atoms with E-state index in [0.29, 0.717) is 9.79 Å². The molecule has 5 heteroatoms. The van der Waals surface area contributed by atoms with Crippen LogP contribution >= 0.6 is 23.8 Å². The molecule has 0 unspecified atom stereocenters. The molecule has 0 bridgehead atoms. The second kappa shape index (κ2) is 4.80. The number of hydrogen-bond acceptors (Lipinski definition) is 2. The number of halogens is 1. The molecule has 0 aliphatic rings. The van der Waals surface area contributed by atoms with Gasteiger partial charge in [-0.3, -0.25) is 9.67 Å². The Balaban J connectivity index is 2.59. The van der Waals surface area contributed by atoms with Gasteiger partial charge in [-0.15, -0.1) is 0 Å². The molecule has 2 rings (SSSR count). The summed E-state index contributed by atoms with van der Waals surface area (Å²) in [5.74, 6) is 0.917. The van der Waals surface area contributed by atoms with Crippen molar-refractivity contribution in [3.8, 4) is 5.69 Å². The molecule has 0 saturated heterocycles. The highest BCUT2D eigenvalue weighted by atomic mass is 35.5. The maximum absolute atomic E-state index is 6.15. The van der Waals surface area contributed by atoms with Crippen molar-refractivity contribution >= 4 is 23.8 Å². The van der Waals surface area contributed by atoms with Gasteiger partial charge >= 0.3 is 0 Å². The molecular formula is C11H12ClN3S. The Kier molecular flexibility index (Phi) is 3.41. The average Bonchev–Trinajstić information content (AvgIpc) is 2.62. The lowest BCUT2D eigenvalue weighted by Gasteiger charge is -2.07. The van der Waals surface area contributed by atoms with Gasteiger partial charge in [-0.25, -0.2) is 0 Å². The monoisotopic (exact) mass is 253 g/mol. The third kappa shape index (κ3) is 2.03. The van der Waals surface area contributed by atoms with Crippen molar-refractivity contribution in [1.82, 2.24) is 14.8 Å². The maximum atomic E-state index is 6.15. The Labute approximate surface area is 104 Å². The number of aryl methyl sites for hydroxylation is 1. The Morgan fingerprint density at radius 3 is 2.88 bits per heavy atom. The van der Waals surface area contributed by atoms with Crippen LogP contribution in [0.1, 0.15) is 19.2 Å². The van der Waals surface area contributed by atoms with E-state index in [2.05, 4.69) is 17.1 Å². The predicted molar refractivity (Wildman–Crippen MR) is 67.8 cm³/mol. The lowest BCUT2D eigenvalue weighted by molar-refractivity contribution is 0.801. The summed E-state index contributed by atoms with van der Waals surface area (Å²) in [6.45, 7) is 2.11. The van der Waals surface area contributed by atoms with E-state index >= 15 is 0 Å². The minimum absolute atomic E-state index is 0.580. The summed E-state index contributed by atoms with van der Waals surface area (Å²) in [6, 6.07) is 7.62. The molecule has 0 fully saturated rings. The zero-order valence-electron chi connectivity index (χ0n) is 8.90. The third-order valence-corrected chi connectivity index (χ3v) is 2.90. The molecule has 2 aromatic rings. The zero-order chi connectivity index (χ0) is 11.5. The second-order valence-corrected chi connectivity index (χ2v) is 4.28. The van der Waals surface area contributed by atoms with Crippen molar-refractivity contribution in [2.24, 2.45) is 0 Å². The lowest BCUT2D eigenvalue weighted by Crippen LogP contribution is -2.01. The Bertz CT molecular complexity index is 544. The van der Waals surface area contributed by atoms with E-state index in [1.807, 2.05) is 28.8 Å². The summed E-state index contributed by atoms with van der Waals surface area (Å²) >= 11 is 11.4. The summed E-state index contributed by atoms with van der Waals surface area (Å²) in [6.07, 6.45) is 1.89. The number of H-pyrrole nitrogens is 1. The summed E-state index contributed by atoms with van der Waals surface area (Å²) in [7, 11) is 0. The Morgan fingerprint density at radius 2 is 2.19 bits per heavy atom. The van der Waals surface area contributed by atoms with Crippen molar-refractivity contribution in [3.05, 3.63) is 39.9 Å². The second-order valence-electron chi connectivity index (χ2n) is 3.48. The van der Waals surface area contributed by atoms with E-state index in [4.69, 9.17) is 23.8 Å². The first-order chi connectivity index (χ1) is 7.74. The molecule has 1 aromatic heterocycles. The van der Waals surface area contributed by atoms with Crippen LogP contribution in [0.15, 0.2) is 24.3 Å². The topological polar surface area (TPSA) is 33.6 Å². The average molecular weight is 254 g/mol. The largest absolute Gasteiger partial charge is 0.271 e. The summed E-state index contributed by atoms with van der Waals surface area (Å²) in [4.78, 5) is 0. The van der Waals surface area contributed by atoms with E-state index in [1.165, 1.54) is 0 Å². The number of nitrogens with zero attached hydrogens (tertiary/aromatic N) is 2. The molecule has 0 saturated carbocycles. The molecule has 0 atom stereocenters. The molecule has 1 heterocycles. The highest BCUT2D eigenvalue weighted by Crippen LogP contribution is 2.21. The molecule has 84 valence electrons. The molecule has 0 amide bonds. The van der Waals surface area contributed by atoms with Crippen LogP contribution in [0.3, 0.4) is 0 Å². The minimum atomic E-state index is 0.580. The van der Waals surface area contributed by atoms with Gasteiger partial charge in [0.05, 0.1) is 10.7 Å². The number of nitrogens with one attached hydrogen (secondary N) is 1. The fourth-order valence-corrected chi connectivity index (χ4v) is 2.07. The van der Waals surface area contributed by atoms with Crippen LogP contribution in [-0.2, 0) is 6.42 Å². The molecule has 0 aliphatic carbocycles. The van der Waals surface area contributed by atoms with Gasteiger partial charge in [0.2, 0.25) is 0 Å². The molecule has 0 radical (unpaired) electrons. The van der Waals surface area contributed by atoms with Gasteiger partial charge in [-0.1, -0.05) is 30.7 Å². The first-order valence-electron chi connectivity index (χ1n) is 5.15. The van der Waals surface area contributed by atoms with E-state index in [0.717, 1.165) is 24.4 Å². The van der Waals surface area contributed by atoms with E-state index in [9.17, 15) is 0 Å². The third-order valence-electron chi connectivity index (χ3n) is 2.31. The lowest BCUT2D eigenvalue weighted by atomic mass is 10.3. The molecule has 0 spiro atoms. The molecule has 1 N–H and O–H groups in total. The number of aromatic amines is 1. The molecular weight excluding hydrogens is 242 g/mol. The molecule has 3 nitrogen and oxygen atoms in total. The number of hydrogen-bond donors (Lipinski definition) is 1. The fourth-order valence-electron chi connectivity index (χ4n) is 1.60. The summed E-state index contributed by atoms with van der Waals surface area (Å²) in [5.41, 5.74) is 0.881. The number of para-hydroxylation sites is 1. The van der Waals surface area contributed by atoms with Crippen LogP contribution in [0.25, 0.3) is 5.69 Å². The maximum Gasteiger partial charge on any atom is 0.199 e. The van der Waals surface area contributed by atoms with Crippen LogP contribution in [0.2, 0.25) is 5.02 Å². The minimum Gasteiger partial charge on any atom is -0.271 e. The Morgan fingerprint density at radius 1 is 1.44 bits per heavy atom. The van der Waals surface area contributed by atoms with Gasteiger partial charge in [0.1, 0.15) is 5.82 Å². The number of rotatable bonds is 3. The normalized spacial score (nSPS) is 10.6. The summed E-state index contributed by atoms with van der Waals surface area (Å²) in [5, 5.41) is 7.69. The fraction of sp³-hybridized carbons (Fsp3) is 0.273. The van der Waals surface area contributed by atoms with E-state index in [1.54, 1.807) is 0 Å². The van der Waals surface area contributed by atoms with Crippen molar-refractivity contribution in [3.63, 3.8) is 0 Å². The van der Waals surface area contributed by atoms with Crippen molar-refractivity contribution < 1.29 is 0 Å². The standard InChI is InChI=1S/C11H12ClN3S/c1-2-5-10-13-14-11(16)15(10)9-7-4-3-6-8(9)12/h3-4,6-7H,2,5H2,1H3,(H,14,16). The first kappa shape index (κ1) is 11.4. The van der Waals surface area contributed by atoms with Crippen LogP contribution < -0.4 is 0 Å². The predicted octanol–water partition coefficient (Wildman–Crippen LogP) is 3.54. The number of benzene rings is 1. The first-order valence-corrected chi connectivity index (χ1v) is 5.94. The van der Waals surface area contributed by atoms with Gasteiger partial charge in [0.25, 0.3) is 0 Å². The van der Waals surface area contributed by atoms with Gasteiger partial charge in [-0.2, -0.15) is 5.10 Å². The van der Waals surface area contributed by atoms with Gasteiger partial charge in [0.15, 0.2) is 4.77 Å². The number of aromatic nitrogens is 3. The summed E-state index contributed by atoms with van der Waals surface area (Å²) < 4.78 is 2.47. The van der Waals surface area contributed by atoms with E-state index in [-0.39, 0.29) is 0 Å². The highest BCUT2D eigenvalue weighted by molar-refractivity contribution is 7.71. The molecule has 1 aromatic carbocycles.